The molecule has 0 aliphatic carbocycles. The van der Waals surface area contributed by atoms with E-state index in [2.05, 4.69) is 5.32 Å². The van der Waals surface area contributed by atoms with E-state index in [1.807, 2.05) is 0 Å². The van der Waals surface area contributed by atoms with Crippen molar-refractivity contribution in [1.82, 2.24) is 4.90 Å². The normalized spacial score (nSPS) is 11.0. The van der Waals surface area contributed by atoms with Crippen LogP contribution in [-0.4, -0.2) is 42.4 Å². The molecule has 0 atom stereocenters. The summed E-state index contributed by atoms with van der Waals surface area (Å²) in [6, 6.07) is 7.33. The number of ether oxygens (including phenoxy) is 1. The summed E-state index contributed by atoms with van der Waals surface area (Å²) in [5, 5.41) is 2.15. The highest BCUT2D eigenvalue weighted by atomic mass is 19.4. The number of furan rings is 1. The number of halogens is 3. The van der Waals surface area contributed by atoms with Crippen molar-refractivity contribution >= 4 is 23.5 Å². The molecule has 0 bridgehead atoms. The number of benzene rings is 1. The van der Waals surface area contributed by atoms with Gasteiger partial charge < -0.3 is 19.4 Å². The van der Waals surface area contributed by atoms with Crippen molar-refractivity contribution in [3.05, 3.63) is 54.0 Å². The third kappa shape index (κ3) is 5.60. The number of carbonyl (C=O) groups excluding carboxylic acids is 3. The lowest BCUT2D eigenvalue weighted by Crippen LogP contribution is -2.40. The van der Waals surface area contributed by atoms with Crippen LogP contribution < -0.4 is 5.32 Å². The Morgan fingerprint density at radius 2 is 1.86 bits per heavy atom. The number of rotatable bonds is 7. The maximum atomic E-state index is 13.0. The van der Waals surface area contributed by atoms with Gasteiger partial charge in [-0.2, -0.15) is 13.2 Å². The molecular formula is C18H17F3N2O5. The van der Waals surface area contributed by atoms with Crippen LogP contribution in [0.25, 0.3) is 0 Å². The minimum absolute atomic E-state index is 0.0858. The zero-order chi connectivity index (χ0) is 20.7. The fourth-order valence-electron chi connectivity index (χ4n) is 2.26. The zero-order valence-electron chi connectivity index (χ0n) is 14.8. The second-order valence-corrected chi connectivity index (χ2v) is 5.55. The molecule has 0 radical (unpaired) electrons. The van der Waals surface area contributed by atoms with E-state index >= 15 is 0 Å². The molecule has 0 unspecified atom stereocenters. The van der Waals surface area contributed by atoms with Gasteiger partial charge in [-0.15, -0.1) is 0 Å². The number of esters is 1. The van der Waals surface area contributed by atoms with Crippen LogP contribution in [0.15, 0.2) is 47.1 Å². The van der Waals surface area contributed by atoms with Crippen LogP contribution in [0, 0.1) is 0 Å². The van der Waals surface area contributed by atoms with Crippen LogP contribution in [0.5, 0.6) is 0 Å². The number of nitrogens with zero attached hydrogens (tertiary/aromatic N) is 1. The topological polar surface area (TPSA) is 88.9 Å². The standard InChI is InChI=1S/C18H17F3N2O5/c1-2-23(16(25)11-28-17(26)14-8-5-9-27-14)10-15(24)22-13-7-4-3-6-12(13)18(19,20)21/h3-9H,2,10-11H2,1H3,(H,22,24). The molecule has 2 rings (SSSR count). The first-order valence-corrected chi connectivity index (χ1v) is 8.16. The van der Waals surface area contributed by atoms with Crippen LogP contribution in [-0.2, 0) is 20.5 Å². The zero-order valence-corrected chi connectivity index (χ0v) is 14.8. The summed E-state index contributed by atoms with van der Waals surface area (Å²) in [6.45, 7) is 0.522. The number of hydrogen-bond acceptors (Lipinski definition) is 5. The number of hydrogen-bond donors (Lipinski definition) is 1. The molecule has 0 spiro atoms. The minimum Gasteiger partial charge on any atom is -0.457 e. The molecule has 10 heteroatoms. The first kappa shape index (κ1) is 21.0. The highest BCUT2D eigenvalue weighted by Crippen LogP contribution is 2.34. The van der Waals surface area contributed by atoms with Gasteiger partial charge in [0.15, 0.2) is 6.61 Å². The molecule has 2 amide bonds. The van der Waals surface area contributed by atoms with Crippen molar-refractivity contribution < 1.29 is 36.7 Å². The summed E-state index contributed by atoms with van der Waals surface area (Å²) in [6.07, 6.45) is -3.37. The lowest BCUT2D eigenvalue weighted by molar-refractivity contribution is -0.138. The molecular weight excluding hydrogens is 381 g/mol. The maximum Gasteiger partial charge on any atom is 0.418 e. The van der Waals surface area contributed by atoms with Crippen LogP contribution in [0.2, 0.25) is 0 Å². The SMILES string of the molecule is CCN(CC(=O)Nc1ccccc1C(F)(F)F)C(=O)COC(=O)c1ccco1. The Labute approximate surface area is 158 Å². The number of alkyl halides is 3. The second-order valence-electron chi connectivity index (χ2n) is 5.55. The Balaban J connectivity index is 1.94. The third-order valence-corrected chi connectivity index (χ3v) is 3.62. The number of amides is 2. The number of carbonyl (C=O) groups is 3. The fourth-order valence-corrected chi connectivity index (χ4v) is 2.26. The van der Waals surface area contributed by atoms with E-state index in [4.69, 9.17) is 9.15 Å². The van der Waals surface area contributed by atoms with Crippen molar-refractivity contribution in [2.45, 2.75) is 13.1 Å². The molecule has 150 valence electrons. The van der Waals surface area contributed by atoms with Crippen LogP contribution >= 0.6 is 0 Å². The predicted octanol–water partition coefficient (Wildman–Crippen LogP) is 2.94. The summed E-state index contributed by atoms with van der Waals surface area (Å²) in [5.74, 6) is -2.43. The Kier molecular flexibility index (Phi) is 6.80. The molecule has 1 N–H and O–H groups in total. The number of para-hydroxylation sites is 1. The maximum absolute atomic E-state index is 13.0. The highest BCUT2D eigenvalue weighted by Gasteiger charge is 2.33. The molecule has 7 nitrogen and oxygen atoms in total. The van der Waals surface area contributed by atoms with Crippen LogP contribution in [0.3, 0.4) is 0 Å². The molecule has 1 heterocycles. The van der Waals surface area contributed by atoms with Gasteiger partial charge >= 0.3 is 12.1 Å². The van der Waals surface area contributed by atoms with Crippen molar-refractivity contribution in [1.29, 1.82) is 0 Å². The first-order valence-electron chi connectivity index (χ1n) is 8.16. The number of nitrogens with one attached hydrogen (secondary N) is 1. The average Bonchev–Trinajstić information content (AvgIpc) is 3.18. The summed E-state index contributed by atoms with van der Waals surface area (Å²) < 4.78 is 48.5. The van der Waals surface area contributed by atoms with E-state index in [9.17, 15) is 27.6 Å². The Morgan fingerprint density at radius 3 is 2.46 bits per heavy atom. The Morgan fingerprint density at radius 1 is 1.14 bits per heavy atom. The third-order valence-electron chi connectivity index (χ3n) is 3.62. The van der Waals surface area contributed by atoms with E-state index in [0.717, 1.165) is 17.0 Å². The molecule has 0 aliphatic heterocycles. The van der Waals surface area contributed by atoms with E-state index in [1.165, 1.54) is 30.5 Å². The van der Waals surface area contributed by atoms with E-state index in [0.29, 0.717) is 0 Å². The van der Waals surface area contributed by atoms with Gasteiger partial charge in [0.1, 0.15) is 0 Å². The smallest absolute Gasteiger partial charge is 0.418 e. The molecule has 0 aliphatic rings. The van der Waals surface area contributed by atoms with Gasteiger partial charge in [0.05, 0.1) is 24.1 Å². The molecule has 1 aromatic carbocycles. The minimum atomic E-state index is -4.63. The van der Waals surface area contributed by atoms with E-state index in [1.54, 1.807) is 6.92 Å². The number of anilines is 1. The molecule has 0 fully saturated rings. The molecule has 1 aromatic heterocycles. The van der Waals surface area contributed by atoms with Gasteiger partial charge in [0.25, 0.3) is 5.91 Å². The van der Waals surface area contributed by atoms with Crippen LogP contribution in [0.4, 0.5) is 18.9 Å². The van der Waals surface area contributed by atoms with Crippen molar-refractivity contribution in [2.24, 2.45) is 0 Å². The van der Waals surface area contributed by atoms with Gasteiger partial charge in [-0.3, -0.25) is 9.59 Å². The van der Waals surface area contributed by atoms with Gasteiger partial charge in [-0.25, -0.2) is 4.79 Å². The quantitative estimate of drug-likeness (QED) is 0.725. The molecule has 28 heavy (non-hydrogen) atoms. The van der Waals surface area contributed by atoms with Gasteiger partial charge in [-0.05, 0) is 31.2 Å². The fraction of sp³-hybridized carbons (Fsp3) is 0.278. The first-order chi connectivity index (χ1) is 13.2. The predicted molar refractivity (Wildman–Crippen MR) is 91.3 cm³/mol. The second kappa shape index (κ2) is 9.07. The average molecular weight is 398 g/mol. The van der Waals surface area contributed by atoms with Crippen molar-refractivity contribution in [2.75, 3.05) is 25.0 Å². The monoisotopic (exact) mass is 398 g/mol. The number of likely N-dealkylation sites (N-methyl/N-ethyl adjacent to an activating group) is 1. The highest BCUT2D eigenvalue weighted by molar-refractivity contribution is 5.95. The van der Waals surface area contributed by atoms with E-state index in [-0.39, 0.29) is 12.3 Å². The summed E-state index contributed by atoms with van der Waals surface area (Å²) >= 11 is 0. The lowest BCUT2D eigenvalue weighted by atomic mass is 10.1. The van der Waals surface area contributed by atoms with Crippen LogP contribution in [0.1, 0.15) is 23.0 Å². The summed E-state index contributed by atoms with van der Waals surface area (Å²) in [5.41, 5.74) is -1.40. The molecule has 0 saturated carbocycles. The summed E-state index contributed by atoms with van der Waals surface area (Å²) in [4.78, 5) is 36.9. The molecule has 0 saturated heterocycles. The summed E-state index contributed by atoms with van der Waals surface area (Å²) in [7, 11) is 0. The lowest BCUT2D eigenvalue weighted by Gasteiger charge is -2.21. The Bertz CT molecular complexity index is 834. The van der Waals surface area contributed by atoms with Gasteiger partial charge in [0.2, 0.25) is 11.7 Å². The van der Waals surface area contributed by atoms with Gasteiger partial charge in [0, 0.05) is 6.54 Å². The largest absolute Gasteiger partial charge is 0.457 e. The van der Waals surface area contributed by atoms with Crippen molar-refractivity contribution in [3.8, 4) is 0 Å². The van der Waals surface area contributed by atoms with E-state index < -0.39 is 48.4 Å². The Hall–Kier alpha value is -3.30. The molecule has 2 aromatic rings. The van der Waals surface area contributed by atoms with Gasteiger partial charge in [-0.1, -0.05) is 12.1 Å². The van der Waals surface area contributed by atoms with Crippen molar-refractivity contribution in [3.63, 3.8) is 0 Å².